The van der Waals surface area contributed by atoms with Gasteiger partial charge in [0, 0.05) is 7.05 Å². The summed E-state index contributed by atoms with van der Waals surface area (Å²) >= 11 is 0. The van der Waals surface area contributed by atoms with E-state index < -0.39 is 0 Å². The van der Waals surface area contributed by atoms with Gasteiger partial charge in [0.2, 0.25) is 11.8 Å². The molecule has 1 rings (SSSR count). The summed E-state index contributed by atoms with van der Waals surface area (Å²) in [7, 11) is 1.58. The predicted octanol–water partition coefficient (Wildman–Crippen LogP) is 2.21. The first kappa shape index (κ1) is 16.0. The van der Waals surface area contributed by atoms with Crippen molar-refractivity contribution >= 4 is 11.8 Å². The lowest BCUT2D eigenvalue weighted by Crippen LogP contribution is -2.39. The van der Waals surface area contributed by atoms with Crippen molar-refractivity contribution < 1.29 is 9.59 Å². The molecule has 20 heavy (non-hydrogen) atoms. The second kappa shape index (κ2) is 7.48. The molecule has 1 aromatic rings. The Kier molecular flexibility index (Phi) is 5.97. The molecule has 1 aromatic carbocycles. The molecule has 0 saturated heterocycles. The molecule has 0 aliphatic carbocycles. The summed E-state index contributed by atoms with van der Waals surface area (Å²) in [5.74, 6) is -0.432. The van der Waals surface area contributed by atoms with Crippen molar-refractivity contribution in [1.29, 1.82) is 0 Å². The van der Waals surface area contributed by atoms with Crippen LogP contribution in [0.2, 0.25) is 0 Å². The normalized spacial score (nSPS) is 11.6. The lowest BCUT2D eigenvalue weighted by atomic mass is 10.0. The van der Waals surface area contributed by atoms with E-state index >= 15 is 0 Å². The summed E-state index contributed by atoms with van der Waals surface area (Å²) in [4.78, 5) is 24.6. The number of carbonyl (C=O) groups excluding carboxylic acids is 2. The predicted molar refractivity (Wildman–Crippen MR) is 80.2 cm³/mol. The number of hydrogen-bond donors (Lipinski definition) is 1. The highest BCUT2D eigenvalue weighted by Gasteiger charge is 2.15. The molecule has 0 heterocycles. The molecule has 1 N–H and O–H groups in total. The summed E-state index contributed by atoms with van der Waals surface area (Å²) < 4.78 is 0. The number of amides is 2. The SMILES string of the molecule is C=CC(=O)N(C)CC(=O)NC(CC)c1ccc(C)cc1. The van der Waals surface area contributed by atoms with Crippen LogP contribution < -0.4 is 5.32 Å². The van der Waals surface area contributed by atoms with Gasteiger partial charge in [-0.3, -0.25) is 9.59 Å². The molecule has 0 fully saturated rings. The summed E-state index contributed by atoms with van der Waals surface area (Å²) in [5.41, 5.74) is 2.26. The first-order valence-electron chi connectivity index (χ1n) is 6.71. The van der Waals surface area contributed by atoms with Crippen molar-refractivity contribution in [2.24, 2.45) is 0 Å². The highest BCUT2D eigenvalue weighted by atomic mass is 16.2. The van der Waals surface area contributed by atoms with E-state index in [2.05, 4.69) is 11.9 Å². The Morgan fingerprint density at radius 1 is 1.35 bits per heavy atom. The maximum absolute atomic E-state index is 11.9. The van der Waals surface area contributed by atoms with E-state index in [1.165, 1.54) is 16.5 Å². The molecule has 1 unspecified atom stereocenters. The Bertz CT molecular complexity index is 480. The number of rotatable bonds is 6. The summed E-state index contributed by atoms with van der Waals surface area (Å²) in [6.07, 6.45) is 2.00. The molecule has 4 nitrogen and oxygen atoms in total. The Labute approximate surface area is 120 Å². The van der Waals surface area contributed by atoms with Crippen LogP contribution in [-0.2, 0) is 9.59 Å². The third kappa shape index (κ3) is 4.53. The second-order valence-electron chi connectivity index (χ2n) is 4.84. The van der Waals surface area contributed by atoms with Gasteiger partial charge in [-0.15, -0.1) is 0 Å². The van der Waals surface area contributed by atoms with Crippen LogP contribution in [-0.4, -0.2) is 30.3 Å². The zero-order valence-corrected chi connectivity index (χ0v) is 12.3. The zero-order valence-electron chi connectivity index (χ0n) is 12.3. The van der Waals surface area contributed by atoms with Crippen LogP contribution in [0.3, 0.4) is 0 Å². The molecular formula is C16H22N2O2. The quantitative estimate of drug-likeness (QED) is 0.809. The van der Waals surface area contributed by atoms with Gasteiger partial charge in [0.05, 0.1) is 12.6 Å². The van der Waals surface area contributed by atoms with Crippen LogP contribution in [0.1, 0.15) is 30.5 Å². The van der Waals surface area contributed by atoms with Gasteiger partial charge in [0.25, 0.3) is 0 Å². The van der Waals surface area contributed by atoms with Crippen LogP contribution in [0.25, 0.3) is 0 Å². The largest absolute Gasteiger partial charge is 0.348 e. The van der Waals surface area contributed by atoms with E-state index in [4.69, 9.17) is 0 Å². The second-order valence-corrected chi connectivity index (χ2v) is 4.84. The van der Waals surface area contributed by atoms with Gasteiger partial charge in [-0.1, -0.05) is 43.3 Å². The van der Waals surface area contributed by atoms with Crippen molar-refractivity contribution in [3.8, 4) is 0 Å². The van der Waals surface area contributed by atoms with Gasteiger partial charge in [-0.05, 0) is 25.0 Å². The Balaban J connectivity index is 2.64. The van der Waals surface area contributed by atoms with E-state index in [0.29, 0.717) is 0 Å². The summed E-state index contributed by atoms with van der Waals surface area (Å²) in [6, 6.07) is 8.05. The van der Waals surface area contributed by atoms with Crippen LogP contribution in [0, 0.1) is 6.92 Å². The van der Waals surface area contributed by atoms with Crippen LogP contribution in [0.5, 0.6) is 0 Å². The van der Waals surface area contributed by atoms with Crippen molar-refractivity contribution in [3.05, 3.63) is 48.0 Å². The maximum atomic E-state index is 11.9. The van der Waals surface area contributed by atoms with Gasteiger partial charge in [0.1, 0.15) is 0 Å². The van der Waals surface area contributed by atoms with E-state index in [-0.39, 0.29) is 24.4 Å². The highest BCUT2D eigenvalue weighted by Crippen LogP contribution is 2.16. The molecular weight excluding hydrogens is 252 g/mol. The van der Waals surface area contributed by atoms with Crippen molar-refractivity contribution in [2.75, 3.05) is 13.6 Å². The number of carbonyl (C=O) groups is 2. The van der Waals surface area contributed by atoms with Gasteiger partial charge >= 0.3 is 0 Å². The molecule has 2 amide bonds. The molecule has 0 bridgehead atoms. The third-order valence-corrected chi connectivity index (χ3v) is 3.15. The van der Waals surface area contributed by atoms with Crippen LogP contribution in [0.4, 0.5) is 0 Å². The Morgan fingerprint density at radius 2 is 1.95 bits per heavy atom. The van der Waals surface area contributed by atoms with Crippen LogP contribution >= 0.6 is 0 Å². The topological polar surface area (TPSA) is 49.4 Å². The minimum atomic E-state index is -0.261. The number of benzene rings is 1. The van der Waals surface area contributed by atoms with Gasteiger partial charge in [-0.25, -0.2) is 0 Å². The van der Waals surface area contributed by atoms with E-state index in [1.54, 1.807) is 7.05 Å². The molecule has 0 saturated carbocycles. The van der Waals surface area contributed by atoms with E-state index in [9.17, 15) is 9.59 Å². The minimum absolute atomic E-state index is 0.0321. The van der Waals surface area contributed by atoms with Gasteiger partial charge in [-0.2, -0.15) is 0 Å². The smallest absolute Gasteiger partial charge is 0.246 e. The fraction of sp³-hybridized carbons (Fsp3) is 0.375. The highest BCUT2D eigenvalue weighted by molar-refractivity contribution is 5.90. The zero-order chi connectivity index (χ0) is 15.1. The van der Waals surface area contributed by atoms with Gasteiger partial charge in [0.15, 0.2) is 0 Å². The first-order chi connectivity index (χ1) is 9.47. The Morgan fingerprint density at radius 3 is 2.45 bits per heavy atom. The molecule has 0 radical (unpaired) electrons. The lowest BCUT2D eigenvalue weighted by molar-refractivity contribution is -0.131. The average Bonchev–Trinajstić information content (AvgIpc) is 2.44. The summed E-state index contributed by atoms with van der Waals surface area (Å²) in [6.45, 7) is 7.48. The standard InChI is InChI=1S/C16H22N2O2/c1-5-14(13-9-7-12(3)8-10-13)17-15(19)11-18(4)16(20)6-2/h6-10,14H,2,5,11H2,1,3-4H3,(H,17,19). The fourth-order valence-electron chi connectivity index (χ4n) is 1.91. The number of hydrogen-bond acceptors (Lipinski definition) is 2. The molecule has 0 aliphatic heterocycles. The summed E-state index contributed by atoms with van der Waals surface area (Å²) in [5, 5.41) is 2.95. The molecule has 4 heteroatoms. The lowest BCUT2D eigenvalue weighted by Gasteiger charge is -2.20. The van der Waals surface area contributed by atoms with Gasteiger partial charge < -0.3 is 10.2 Å². The minimum Gasteiger partial charge on any atom is -0.348 e. The number of aryl methyl sites for hydroxylation is 1. The van der Waals surface area contributed by atoms with Crippen LogP contribution in [0.15, 0.2) is 36.9 Å². The number of nitrogens with one attached hydrogen (secondary N) is 1. The fourth-order valence-corrected chi connectivity index (χ4v) is 1.91. The maximum Gasteiger partial charge on any atom is 0.246 e. The van der Waals surface area contributed by atoms with Crippen molar-refractivity contribution in [1.82, 2.24) is 10.2 Å². The van der Waals surface area contributed by atoms with E-state index in [1.807, 2.05) is 38.1 Å². The average molecular weight is 274 g/mol. The molecule has 108 valence electrons. The van der Waals surface area contributed by atoms with E-state index in [0.717, 1.165) is 12.0 Å². The first-order valence-corrected chi connectivity index (χ1v) is 6.71. The Hall–Kier alpha value is -2.10. The molecule has 0 aliphatic rings. The molecule has 0 aromatic heterocycles. The molecule has 0 spiro atoms. The molecule has 1 atom stereocenters. The third-order valence-electron chi connectivity index (χ3n) is 3.15. The van der Waals surface area contributed by atoms with Crippen molar-refractivity contribution in [3.63, 3.8) is 0 Å². The van der Waals surface area contributed by atoms with Crippen molar-refractivity contribution in [2.45, 2.75) is 26.3 Å². The monoisotopic (exact) mass is 274 g/mol. The number of likely N-dealkylation sites (N-methyl/N-ethyl adjacent to an activating group) is 1. The number of nitrogens with zero attached hydrogens (tertiary/aromatic N) is 1.